The van der Waals surface area contributed by atoms with Crippen molar-refractivity contribution >= 4 is 17.6 Å². The third-order valence-corrected chi connectivity index (χ3v) is 2.31. The van der Waals surface area contributed by atoms with Crippen molar-refractivity contribution in [2.24, 2.45) is 0 Å². The monoisotopic (exact) mass is 274 g/mol. The van der Waals surface area contributed by atoms with E-state index in [4.69, 9.17) is 21.1 Å². The van der Waals surface area contributed by atoms with E-state index < -0.39 is 0 Å². The first kappa shape index (κ1) is 14.7. The number of carbonyl (C=O) groups is 1. The fourth-order valence-corrected chi connectivity index (χ4v) is 1.49. The lowest BCUT2D eigenvalue weighted by Gasteiger charge is -2.06. The van der Waals surface area contributed by atoms with Crippen LogP contribution in [-0.4, -0.2) is 35.3 Å². The molecule has 0 saturated carbocycles. The highest BCUT2D eigenvalue weighted by Gasteiger charge is 2.24. The Kier molecular flexibility index (Phi) is 6.38. The van der Waals surface area contributed by atoms with E-state index in [9.17, 15) is 9.59 Å². The molecule has 6 nitrogen and oxygen atoms in total. The average Bonchev–Trinajstić information content (AvgIpc) is 2.83. The van der Waals surface area contributed by atoms with E-state index in [0.717, 1.165) is 12.8 Å². The van der Waals surface area contributed by atoms with Gasteiger partial charge in [-0.1, -0.05) is 0 Å². The number of aromatic amines is 1. The number of carbonyl (C=O) groups excluding carboxylic acids is 1. The minimum Gasteiger partial charge on any atom is -0.464 e. The van der Waals surface area contributed by atoms with Crippen LogP contribution >= 0.6 is 11.6 Å². The first-order valence-corrected chi connectivity index (χ1v) is 6.00. The molecule has 0 unspecified atom stereocenters. The minimum absolute atomic E-state index is 0.123. The van der Waals surface area contributed by atoms with Crippen LogP contribution in [-0.2, 0) is 14.3 Å². The summed E-state index contributed by atoms with van der Waals surface area (Å²) >= 11 is 5.28. The zero-order valence-corrected chi connectivity index (χ0v) is 10.8. The van der Waals surface area contributed by atoms with Crippen molar-refractivity contribution in [1.29, 1.82) is 0 Å². The fourth-order valence-electron chi connectivity index (χ4n) is 1.34. The Balaban J connectivity index is 0.000000184. The molecule has 1 saturated heterocycles. The van der Waals surface area contributed by atoms with Gasteiger partial charge in [0.1, 0.15) is 0 Å². The Morgan fingerprint density at radius 2 is 2.50 bits per heavy atom. The van der Waals surface area contributed by atoms with Crippen LogP contribution in [0, 0.1) is 0 Å². The zero-order chi connectivity index (χ0) is 13.4. The van der Waals surface area contributed by atoms with Gasteiger partial charge in [-0.3, -0.25) is 9.78 Å². The highest BCUT2D eigenvalue weighted by atomic mass is 35.5. The minimum atomic E-state index is -0.278. The van der Waals surface area contributed by atoms with Crippen molar-refractivity contribution in [3.63, 3.8) is 0 Å². The molecule has 100 valence electrons. The molecule has 1 aliphatic rings. The molecule has 2 heterocycles. The summed E-state index contributed by atoms with van der Waals surface area (Å²) in [6.45, 7) is 2.94. The fraction of sp³-hybridized carbons (Fsp3) is 0.545. The third kappa shape index (κ3) is 5.29. The van der Waals surface area contributed by atoms with E-state index in [-0.39, 0.29) is 22.9 Å². The van der Waals surface area contributed by atoms with Gasteiger partial charge < -0.3 is 9.47 Å². The molecular formula is C11H15ClN2O4. The standard InChI is InChI=1S/C7H12O3.C4H3ClN2O/c1-2-9-7(8)6-4-3-5-10-6;5-4-6-2-1-3(8)7-4/h6H,2-5H2,1H3;1-2H,(H,6,7,8)/t6-;/m1./s1. The Morgan fingerprint density at radius 3 is 2.94 bits per heavy atom. The number of nitrogens with zero attached hydrogens (tertiary/aromatic N) is 1. The van der Waals surface area contributed by atoms with Gasteiger partial charge in [-0.15, -0.1) is 0 Å². The van der Waals surface area contributed by atoms with Crippen molar-refractivity contribution < 1.29 is 14.3 Å². The highest BCUT2D eigenvalue weighted by Crippen LogP contribution is 2.12. The summed E-state index contributed by atoms with van der Waals surface area (Å²) in [4.78, 5) is 27.0. The summed E-state index contributed by atoms with van der Waals surface area (Å²) in [6, 6.07) is 1.30. The van der Waals surface area contributed by atoms with Gasteiger partial charge in [-0.05, 0) is 31.4 Å². The largest absolute Gasteiger partial charge is 0.464 e. The number of hydrogen-bond acceptors (Lipinski definition) is 5. The molecule has 7 heteroatoms. The van der Waals surface area contributed by atoms with Gasteiger partial charge in [0.15, 0.2) is 6.10 Å². The van der Waals surface area contributed by atoms with Crippen molar-refractivity contribution in [1.82, 2.24) is 9.97 Å². The van der Waals surface area contributed by atoms with Crippen LogP contribution in [0.15, 0.2) is 17.1 Å². The lowest BCUT2D eigenvalue weighted by Crippen LogP contribution is -2.21. The quantitative estimate of drug-likeness (QED) is 0.646. The second-order valence-corrected chi connectivity index (χ2v) is 3.84. The smallest absolute Gasteiger partial charge is 0.335 e. The molecule has 1 atom stereocenters. The molecule has 0 spiro atoms. The van der Waals surface area contributed by atoms with E-state index >= 15 is 0 Å². The van der Waals surface area contributed by atoms with Crippen LogP contribution in [0.3, 0.4) is 0 Å². The molecule has 0 aromatic carbocycles. The van der Waals surface area contributed by atoms with Gasteiger partial charge in [0.25, 0.3) is 5.56 Å². The van der Waals surface area contributed by atoms with Gasteiger partial charge >= 0.3 is 5.97 Å². The lowest BCUT2D eigenvalue weighted by atomic mass is 10.2. The summed E-state index contributed by atoms with van der Waals surface area (Å²) in [6.07, 6.45) is 2.86. The van der Waals surface area contributed by atoms with E-state index in [1.165, 1.54) is 12.3 Å². The normalized spacial score (nSPS) is 17.8. The predicted molar refractivity (Wildman–Crippen MR) is 65.5 cm³/mol. The van der Waals surface area contributed by atoms with Gasteiger partial charge in [0, 0.05) is 18.9 Å². The summed E-state index contributed by atoms with van der Waals surface area (Å²) < 4.78 is 9.85. The SMILES string of the molecule is CCOC(=O)[C@H]1CCCO1.O=c1ccnc(Cl)[nH]1. The number of aromatic nitrogens is 2. The van der Waals surface area contributed by atoms with E-state index in [0.29, 0.717) is 13.2 Å². The van der Waals surface area contributed by atoms with E-state index in [2.05, 4.69) is 9.97 Å². The molecule has 0 radical (unpaired) electrons. The van der Waals surface area contributed by atoms with Crippen molar-refractivity contribution in [3.05, 3.63) is 27.9 Å². The maximum absolute atomic E-state index is 10.9. The van der Waals surface area contributed by atoms with E-state index in [1.807, 2.05) is 0 Å². The summed E-state index contributed by atoms with van der Waals surface area (Å²) in [5, 5.41) is 0.123. The van der Waals surface area contributed by atoms with Crippen LogP contribution < -0.4 is 5.56 Å². The Hall–Kier alpha value is -1.40. The molecule has 1 aromatic rings. The first-order valence-electron chi connectivity index (χ1n) is 5.62. The van der Waals surface area contributed by atoms with Gasteiger partial charge in [-0.2, -0.15) is 0 Å². The van der Waals surface area contributed by atoms with Gasteiger partial charge in [-0.25, -0.2) is 9.78 Å². The molecular weight excluding hydrogens is 260 g/mol. The first-order chi connectivity index (χ1) is 8.63. The highest BCUT2D eigenvalue weighted by molar-refractivity contribution is 6.28. The number of halogens is 1. The summed E-state index contributed by atoms with van der Waals surface area (Å²) in [5.74, 6) is -0.208. The summed E-state index contributed by atoms with van der Waals surface area (Å²) in [7, 11) is 0. The Labute approximate surface area is 109 Å². The second-order valence-electron chi connectivity index (χ2n) is 3.48. The van der Waals surface area contributed by atoms with Crippen molar-refractivity contribution in [2.75, 3.05) is 13.2 Å². The number of H-pyrrole nitrogens is 1. The van der Waals surface area contributed by atoms with Crippen LogP contribution in [0.1, 0.15) is 19.8 Å². The topological polar surface area (TPSA) is 81.3 Å². The molecule has 2 rings (SSSR count). The van der Waals surface area contributed by atoms with Crippen molar-refractivity contribution in [2.45, 2.75) is 25.9 Å². The average molecular weight is 275 g/mol. The molecule has 1 fully saturated rings. The molecule has 0 bridgehead atoms. The number of esters is 1. The summed E-state index contributed by atoms with van der Waals surface area (Å²) in [5.41, 5.74) is -0.231. The second kappa shape index (κ2) is 7.84. The molecule has 18 heavy (non-hydrogen) atoms. The molecule has 1 aliphatic heterocycles. The van der Waals surface area contributed by atoms with Crippen LogP contribution in [0.25, 0.3) is 0 Å². The van der Waals surface area contributed by atoms with Gasteiger partial charge in [0.05, 0.1) is 6.61 Å². The van der Waals surface area contributed by atoms with Crippen LogP contribution in [0.2, 0.25) is 5.28 Å². The molecule has 1 aromatic heterocycles. The maximum Gasteiger partial charge on any atom is 0.335 e. The lowest BCUT2D eigenvalue weighted by molar-refractivity contribution is -0.153. The maximum atomic E-state index is 10.9. The van der Waals surface area contributed by atoms with Crippen LogP contribution in [0.4, 0.5) is 0 Å². The Bertz CT molecular complexity index is 429. The van der Waals surface area contributed by atoms with Gasteiger partial charge in [0.2, 0.25) is 5.28 Å². The zero-order valence-electron chi connectivity index (χ0n) is 10.0. The third-order valence-electron chi connectivity index (χ3n) is 2.12. The Morgan fingerprint density at radius 1 is 1.72 bits per heavy atom. The molecule has 0 aliphatic carbocycles. The van der Waals surface area contributed by atoms with Crippen LogP contribution in [0.5, 0.6) is 0 Å². The number of ether oxygens (including phenoxy) is 2. The molecule has 0 amide bonds. The molecule has 1 N–H and O–H groups in total. The number of hydrogen-bond donors (Lipinski definition) is 1. The predicted octanol–water partition coefficient (Wildman–Crippen LogP) is 1.15. The number of rotatable bonds is 2. The van der Waals surface area contributed by atoms with E-state index in [1.54, 1.807) is 6.92 Å². The van der Waals surface area contributed by atoms with Crippen molar-refractivity contribution in [3.8, 4) is 0 Å². The number of nitrogens with one attached hydrogen (secondary N) is 1.